The number of ether oxygens (including phenoxy) is 1. The van der Waals surface area contributed by atoms with Crippen molar-refractivity contribution in [3.05, 3.63) is 70.4 Å². The van der Waals surface area contributed by atoms with E-state index in [2.05, 4.69) is 0 Å². The van der Waals surface area contributed by atoms with Crippen molar-refractivity contribution in [2.75, 3.05) is 13.7 Å². The number of hydrogen-bond acceptors (Lipinski definition) is 5. The molecule has 3 rings (SSSR count). The number of amides is 1. The number of nitrogens with zero attached hydrogens (tertiary/aromatic N) is 1. The van der Waals surface area contributed by atoms with Gasteiger partial charge in [-0.2, -0.15) is 0 Å². The van der Waals surface area contributed by atoms with Gasteiger partial charge in [0.2, 0.25) is 5.76 Å². The van der Waals surface area contributed by atoms with E-state index >= 15 is 0 Å². The number of furan rings is 1. The van der Waals surface area contributed by atoms with Gasteiger partial charge in [-0.3, -0.25) is 4.79 Å². The number of likely N-dealkylation sites (N-methyl/N-ethyl adjacent to an activating group) is 1. The van der Waals surface area contributed by atoms with Crippen molar-refractivity contribution in [3.8, 4) is 11.3 Å². The molecule has 0 bridgehead atoms. The fourth-order valence-electron chi connectivity index (χ4n) is 2.25. The minimum atomic E-state index is -0.726. The molecule has 5 nitrogen and oxygen atoms in total. The van der Waals surface area contributed by atoms with E-state index in [4.69, 9.17) is 9.15 Å². The number of rotatable bonds is 6. The van der Waals surface area contributed by atoms with Crippen molar-refractivity contribution >= 4 is 23.2 Å². The molecule has 0 unspecified atom stereocenters. The van der Waals surface area contributed by atoms with Crippen molar-refractivity contribution in [1.82, 2.24) is 4.90 Å². The molecular formula is C19H16FNO4S. The zero-order chi connectivity index (χ0) is 18.5. The maximum Gasteiger partial charge on any atom is 0.374 e. The molecule has 1 aromatic carbocycles. The molecule has 0 radical (unpaired) electrons. The summed E-state index contributed by atoms with van der Waals surface area (Å²) < 4.78 is 23.4. The molecule has 0 fully saturated rings. The van der Waals surface area contributed by atoms with Crippen molar-refractivity contribution in [2.45, 2.75) is 6.54 Å². The number of benzene rings is 1. The SMILES string of the molecule is CN(Cc1cccs1)C(=O)COC(=O)c1ccc(-c2ccc(F)cc2)o1. The lowest BCUT2D eigenvalue weighted by atomic mass is 10.2. The second kappa shape index (κ2) is 7.97. The third-order valence-electron chi connectivity index (χ3n) is 3.66. The Morgan fingerprint density at radius 1 is 1.15 bits per heavy atom. The van der Waals surface area contributed by atoms with E-state index in [1.165, 1.54) is 23.1 Å². The second-order valence-electron chi connectivity index (χ2n) is 5.58. The Labute approximate surface area is 153 Å². The summed E-state index contributed by atoms with van der Waals surface area (Å²) in [6.45, 7) is 0.0941. The number of halogens is 1. The fraction of sp³-hybridized carbons (Fsp3) is 0.158. The zero-order valence-electron chi connectivity index (χ0n) is 14.0. The Morgan fingerprint density at radius 2 is 1.92 bits per heavy atom. The summed E-state index contributed by atoms with van der Waals surface area (Å²) in [5.41, 5.74) is 0.636. The molecule has 0 spiro atoms. The normalized spacial score (nSPS) is 10.5. The summed E-state index contributed by atoms with van der Waals surface area (Å²) in [6, 6.07) is 12.6. The van der Waals surface area contributed by atoms with Crippen LogP contribution in [-0.4, -0.2) is 30.4 Å². The summed E-state index contributed by atoms with van der Waals surface area (Å²) in [7, 11) is 1.65. The molecule has 3 aromatic rings. The molecule has 0 saturated carbocycles. The van der Waals surface area contributed by atoms with E-state index in [1.54, 1.807) is 36.6 Å². The lowest BCUT2D eigenvalue weighted by Gasteiger charge is -2.15. The van der Waals surface area contributed by atoms with E-state index in [-0.39, 0.29) is 24.1 Å². The Kier molecular flexibility index (Phi) is 5.48. The highest BCUT2D eigenvalue weighted by molar-refractivity contribution is 7.09. The van der Waals surface area contributed by atoms with Crippen LogP contribution in [0.5, 0.6) is 0 Å². The zero-order valence-corrected chi connectivity index (χ0v) is 14.8. The van der Waals surface area contributed by atoms with Gasteiger partial charge in [0.25, 0.3) is 5.91 Å². The molecule has 0 aliphatic rings. The lowest BCUT2D eigenvalue weighted by molar-refractivity contribution is -0.133. The first kappa shape index (κ1) is 17.9. The maximum absolute atomic E-state index is 13.0. The van der Waals surface area contributed by atoms with Crippen LogP contribution in [0.4, 0.5) is 4.39 Å². The standard InChI is InChI=1S/C19H16FNO4S/c1-21(11-15-3-2-10-26-15)18(22)12-24-19(23)17-9-8-16(25-17)13-4-6-14(20)7-5-13/h2-10H,11-12H2,1H3. The Bertz CT molecular complexity index is 887. The van der Waals surface area contributed by atoms with Crippen molar-refractivity contribution in [3.63, 3.8) is 0 Å². The van der Waals surface area contributed by atoms with E-state index in [0.717, 1.165) is 4.88 Å². The van der Waals surface area contributed by atoms with E-state index in [1.807, 2.05) is 17.5 Å². The van der Waals surface area contributed by atoms with Gasteiger partial charge in [-0.15, -0.1) is 11.3 Å². The van der Waals surface area contributed by atoms with Crippen LogP contribution in [0.2, 0.25) is 0 Å². The highest BCUT2D eigenvalue weighted by Crippen LogP contribution is 2.22. The number of carbonyl (C=O) groups excluding carboxylic acids is 2. The van der Waals surface area contributed by atoms with E-state index in [0.29, 0.717) is 17.9 Å². The van der Waals surface area contributed by atoms with Crippen LogP contribution >= 0.6 is 11.3 Å². The number of hydrogen-bond donors (Lipinski definition) is 0. The summed E-state index contributed by atoms with van der Waals surface area (Å²) >= 11 is 1.55. The van der Waals surface area contributed by atoms with Gasteiger partial charge < -0.3 is 14.1 Å². The largest absolute Gasteiger partial charge is 0.450 e. The first-order valence-electron chi connectivity index (χ1n) is 7.82. The van der Waals surface area contributed by atoms with E-state index < -0.39 is 5.97 Å². The van der Waals surface area contributed by atoms with Gasteiger partial charge in [0.1, 0.15) is 11.6 Å². The van der Waals surface area contributed by atoms with Crippen LogP contribution in [-0.2, 0) is 16.1 Å². The van der Waals surface area contributed by atoms with Gasteiger partial charge in [0, 0.05) is 17.5 Å². The first-order chi connectivity index (χ1) is 12.5. The monoisotopic (exact) mass is 373 g/mol. The molecule has 134 valence electrons. The summed E-state index contributed by atoms with van der Waals surface area (Å²) in [4.78, 5) is 26.6. The molecule has 0 saturated heterocycles. The molecule has 0 N–H and O–H groups in total. The number of esters is 1. The smallest absolute Gasteiger partial charge is 0.374 e. The van der Waals surface area contributed by atoms with Crippen LogP contribution in [0.25, 0.3) is 11.3 Å². The summed E-state index contributed by atoms with van der Waals surface area (Å²) in [6.07, 6.45) is 0. The van der Waals surface area contributed by atoms with Crippen molar-refractivity contribution in [1.29, 1.82) is 0 Å². The molecule has 2 aromatic heterocycles. The molecule has 0 atom stereocenters. The lowest BCUT2D eigenvalue weighted by Crippen LogP contribution is -2.30. The van der Waals surface area contributed by atoms with Crippen LogP contribution in [0.15, 0.2) is 58.3 Å². The summed E-state index contributed by atoms with van der Waals surface area (Å²) in [5, 5.41) is 1.93. The van der Waals surface area contributed by atoms with Crippen molar-refractivity contribution in [2.24, 2.45) is 0 Å². The van der Waals surface area contributed by atoms with Gasteiger partial charge in [0.05, 0.1) is 6.54 Å². The van der Waals surface area contributed by atoms with Crippen molar-refractivity contribution < 1.29 is 23.1 Å². The van der Waals surface area contributed by atoms with Crippen LogP contribution < -0.4 is 0 Å². The highest BCUT2D eigenvalue weighted by atomic mass is 32.1. The van der Waals surface area contributed by atoms with Gasteiger partial charge in [0.15, 0.2) is 6.61 Å². The van der Waals surface area contributed by atoms with Gasteiger partial charge in [-0.25, -0.2) is 9.18 Å². The first-order valence-corrected chi connectivity index (χ1v) is 8.70. The Hall–Kier alpha value is -2.93. The minimum Gasteiger partial charge on any atom is -0.450 e. The predicted molar refractivity (Wildman–Crippen MR) is 95.2 cm³/mol. The Morgan fingerprint density at radius 3 is 2.62 bits per heavy atom. The molecule has 1 amide bonds. The molecule has 2 heterocycles. The van der Waals surface area contributed by atoms with Crippen LogP contribution in [0, 0.1) is 5.82 Å². The maximum atomic E-state index is 13.0. The quantitative estimate of drug-likeness (QED) is 0.614. The average molecular weight is 373 g/mol. The topological polar surface area (TPSA) is 59.8 Å². The fourth-order valence-corrected chi connectivity index (χ4v) is 3.01. The van der Waals surface area contributed by atoms with Gasteiger partial charge >= 0.3 is 5.97 Å². The number of thiophene rings is 1. The van der Waals surface area contributed by atoms with Gasteiger partial charge in [-0.1, -0.05) is 6.07 Å². The minimum absolute atomic E-state index is 0.0157. The molecule has 0 aliphatic carbocycles. The Balaban J connectivity index is 1.55. The third kappa shape index (κ3) is 4.37. The van der Waals surface area contributed by atoms with Crippen LogP contribution in [0.3, 0.4) is 0 Å². The predicted octanol–water partition coefficient (Wildman–Crippen LogP) is 3.96. The number of carbonyl (C=O) groups is 2. The summed E-state index contributed by atoms with van der Waals surface area (Å²) in [5.74, 6) is -0.991. The van der Waals surface area contributed by atoms with Gasteiger partial charge in [-0.05, 0) is 47.8 Å². The second-order valence-corrected chi connectivity index (χ2v) is 6.61. The third-order valence-corrected chi connectivity index (χ3v) is 4.52. The van der Waals surface area contributed by atoms with Crippen LogP contribution in [0.1, 0.15) is 15.4 Å². The molecule has 0 aliphatic heterocycles. The average Bonchev–Trinajstić information content (AvgIpc) is 3.32. The molecular weight excluding hydrogens is 357 g/mol. The molecule has 7 heteroatoms. The van der Waals surface area contributed by atoms with E-state index in [9.17, 15) is 14.0 Å². The highest BCUT2D eigenvalue weighted by Gasteiger charge is 2.17. The molecule has 26 heavy (non-hydrogen) atoms.